The van der Waals surface area contributed by atoms with Crippen molar-refractivity contribution in [2.45, 2.75) is 6.61 Å². The number of amides is 3. The maximum absolute atomic E-state index is 12.8. The van der Waals surface area contributed by atoms with Crippen LogP contribution < -0.4 is 19.7 Å². The molecule has 1 aliphatic heterocycles. The highest BCUT2D eigenvalue weighted by molar-refractivity contribution is 6.33. The minimum absolute atomic E-state index is 0.0232. The number of imide groups is 1. The molecule has 1 saturated heterocycles. The third-order valence-corrected chi connectivity index (χ3v) is 5.59. The van der Waals surface area contributed by atoms with Crippen LogP contribution in [0.5, 0.6) is 11.5 Å². The Bertz CT molecular complexity index is 1340. The molecular weight excluding hydrogens is 497 g/mol. The van der Waals surface area contributed by atoms with E-state index in [1.807, 2.05) is 0 Å². The van der Waals surface area contributed by atoms with E-state index in [4.69, 9.17) is 32.7 Å². The monoisotopic (exact) mass is 513 g/mol. The Morgan fingerprint density at radius 3 is 2.37 bits per heavy atom. The molecule has 1 N–H and O–H groups in total. The average molecular weight is 514 g/mol. The van der Waals surface area contributed by atoms with Gasteiger partial charge >= 0.3 is 6.03 Å². The van der Waals surface area contributed by atoms with Crippen LogP contribution in [0.2, 0.25) is 10.0 Å². The van der Waals surface area contributed by atoms with Crippen LogP contribution in [0.15, 0.2) is 66.4 Å². The lowest BCUT2D eigenvalue weighted by molar-refractivity contribution is -0.384. The van der Waals surface area contributed by atoms with Crippen molar-refractivity contribution in [2.75, 3.05) is 12.0 Å². The van der Waals surface area contributed by atoms with E-state index in [1.165, 1.54) is 25.3 Å². The zero-order valence-electron chi connectivity index (χ0n) is 18.2. The van der Waals surface area contributed by atoms with Crippen molar-refractivity contribution in [1.29, 1.82) is 0 Å². The zero-order valence-corrected chi connectivity index (χ0v) is 19.7. The van der Waals surface area contributed by atoms with Crippen molar-refractivity contribution in [3.63, 3.8) is 0 Å². The Hall–Kier alpha value is -4.08. The van der Waals surface area contributed by atoms with E-state index in [0.717, 1.165) is 4.90 Å². The van der Waals surface area contributed by atoms with Gasteiger partial charge in [-0.3, -0.25) is 14.9 Å². The number of benzene rings is 3. The fraction of sp³-hybridized carbons (Fsp3) is 0.0833. The Kier molecular flexibility index (Phi) is 6.90. The smallest absolute Gasteiger partial charge is 0.333 e. The molecular formula is C24H17Cl2N3O6. The first-order chi connectivity index (χ1) is 16.8. The largest absolute Gasteiger partial charge is 0.493 e. The molecule has 1 fully saturated rings. The first-order valence-corrected chi connectivity index (χ1v) is 10.9. The van der Waals surface area contributed by atoms with Crippen LogP contribution in [0.1, 0.15) is 11.1 Å². The van der Waals surface area contributed by atoms with Crippen molar-refractivity contribution in [3.8, 4) is 11.5 Å². The van der Waals surface area contributed by atoms with Crippen LogP contribution in [-0.4, -0.2) is 24.0 Å². The molecule has 1 aliphatic rings. The predicted molar refractivity (Wildman–Crippen MR) is 131 cm³/mol. The minimum atomic E-state index is -0.593. The number of nitrogens with zero attached hydrogens (tertiary/aromatic N) is 2. The summed E-state index contributed by atoms with van der Waals surface area (Å²) >= 11 is 12.3. The number of methoxy groups -OCH3 is 1. The highest BCUT2D eigenvalue weighted by Gasteiger charge is 2.34. The molecule has 35 heavy (non-hydrogen) atoms. The summed E-state index contributed by atoms with van der Waals surface area (Å²) in [7, 11) is 1.44. The van der Waals surface area contributed by atoms with Gasteiger partial charge in [0.25, 0.3) is 11.6 Å². The maximum atomic E-state index is 12.8. The van der Waals surface area contributed by atoms with Crippen LogP contribution in [-0.2, 0) is 11.4 Å². The SMILES string of the molecule is COc1cc(/C=C2/NC(=O)N(c3ccc(Cl)cc3)C2=O)cc(Cl)c1OCc1ccc([N+](=O)[O-])cc1. The minimum Gasteiger partial charge on any atom is -0.493 e. The number of non-ortho nitro benzene ring substituents is 1. The highest BCUT2D eigenvalue weighted by atomic mass is 35.5. The number of urea groups is 1. The van der Waals surface area contributed by atoms with Crippen LogP contribution in [0.3, 0.4) is 0 Å². The van der Waals surface area contributed by atoms with Gasteiger partial charge in [-0.2, -0.15) is 0 Å². The van der Waals surface area contributed by atoms with Gasteiger partial charge in [0.15, 0.2) is 11.5 Å². The lowest BCUT2D eigenvalue weighted by atomic mass is 10.1. The van der Waals surface area contributed by atoms with Gasteiger partial charge in [0.2, 0.25) is 0 Å². The molecule has 0 aromatic heterocycles. The molecule has 0 aliphatic carbocycles. The summed E-state index contributed by atoms with van der Waals surface area (Å²) in [5.74, 6) is 0.0303. The van der Waals surface area contributed by atoms with Crippen LogP contribution in [0, 0.1) is 10.1 Å². The molecule has 3 aromatic rings. The van der Waals surface area contributed by atoms with Gasteiger partial charge in [-0.1, -0.05) is 23.2 Å². The van der Waals surface area contributed by atoms with Crippen molar-refractivity contribution in [3.05, 3.63) is 97.6 Å². The summed E-state index contributed by atoms with van der Waals surface area (Å²) in [5.41, 5.74) is 1.61. The molecule has 4 rings (SSSR count). The van der Waals surface area contributed by atoms with E-state index in [-0.39, 0.29) is 28.8 Å². The summed E-state index contributed by atoms with van der Waals surface area (Å²) in [5, 5.41) is 14.0. The molecule has 178 valence electrons. The molecule has 0 atom stereocenters. The van der Waals surface area contributed by atoms with E-state index in [2.05, 4.69) is 5.32 Å². The Balaban J connectivity index is 1.54. The number of nitro groups is 1. The Morgan fingerprint density at radius 1 is 1.06 bits per heavy atom. The van der Waals surface area contributed by atoms with Crippen molar-refractivity contribution >= 4 is 52.6 Å². The highest BCUT2D eigenvalue weighted by Crippen LogP contribution is 2.38. The zero-order chi connectivity index (χ0) is 25.1. The normalized spacial score (nSPS) is 14.3. The summed E-state index contributed by atoms with van der Waals surface area (Å²) in [4.78, 5) is 36.6. The quantitative estimate of drug-likeness (QED) is 0.191. The van der Waals surface area contributed by atoms with Crippen molar-refractivity contribution < 1.29 is 24.0 Å². The lowest BCUT2D eigenvalue weighted by Crippen LogP contribution is -2.30. The molecule has 3 amide bonds. The van der Waals surface area contributed by atoms with E-state index in [0.29, 0.717) is 27.6 Å². The topological polar surface area (TPSA) is 111 Å². The Labute approximate surface area is 209 Å². The van der Waals surface area contributed by atoms with Crippen molar-refractivity contribution in [1.82, 2.24) is 5.32 Å². The number of nitro benzene ring substituents is 1. The van der Waals surface area contributed by atoms with Crippen molar-refractivity contribution in [2.24, 2.45) is 0 Å². The number of nitrogens with one attached hydrogen (secondary N) is 1. The number of rotatable bonds is 7. The van der Waals surface area contributed by atoms with E-state index in [9.17, 15) is 19.7 Å². The third kappa shape index (κ3) is 5.21. The number of ether oxygens (including phenoxy) is 2. The van der Waals surface area contributed by atoms with Crippen LogP contribution in [0.25, 0.3) is 6.08 Å². The van der Waals surface area contributed by atoms with Gasteiger partial charge in [-0.05, 0) is 65.7 Å². The van der Waals surface area contributed by atoms with Crippen LogP contribution >= 0.6 is 23.2 Å². The number of halogens is 2. The number of anilines is 1. The second-order valence-electron chi connectivity index (χ2n) is 7.35. The van der Waals surface area contributed by atoms with Crippen LogP contribution in [0.4, 0.5) is 16.2 Å². The standard InChI is InChI=1S/C24H17Cl2N3O6/c1-34-21-12-15(10-19(26)22(21)35-13-14-2-6-18(7-3-14)29(32)33)11-20-23(30)28(24(31)27-20)17-8-4-16(25)5-9-17/h2-12H,13H2,1H3,(H,27,31)/b20-11+. The number of carbonyl (C=O) groups is 2. The molecule has 0 bridgehead atoms. The molecule has 0 spiro atoms. The van der Waals surface area contributed by atoms with Gasteiger partial charge in [0.1, 0.15) is 12.3 Å². The molecule has 9 nitrogen and oxygen atoms in total. The molecule has 1 heterocycles. The van der Waals surface area contributed by atoms with Gasteiger partial charge in [0, 0.05) is 17.2 Å². The van der Waals surface area contributed by atoms with E-state index in [1.54, 1.807) is 48.5 Å². The number of hydrogen-bond donors (Lipinski definition) is 1. The fourth-order valence-electron chi connectivity index (χ4n) is 3.36. The van der Waals surface area contributed by atoms with Gasteiger partial charge < -0.3 is 14.8 Å². The second-order valence-corrected chi connectivity index (χ2v) is 8.20. The molecule has 3 aromatic carbocycles. The van der Waals surface area contributed by atoms with Gasteiger partial charge in [-0.25, -0.2) is 9.69 Å². The summed E-state index contributed by atoms with van der Waals surface area (Å²) in [6, 6.07) is 14.8. The molecule has 0 unspecified atom stereocenters. The van der Waals surface area contributed by atoms with E-state index >= 15 is 0 Å². The molecule has 0 radical (unpaired) electrons. The first kappa shape index (κ1) is 24.1. The number of hydrogen-bond acceptors (Lipinski definition) is 6. The third-order valence-electron chi connectivity index (χ3n) is 5.06. The predicted octanol–water partition coefficient (Wildman–Crippen LogP) is 5.59. The van der Waals surface area contributed by atoms with E-state index < -0.39 is 16.9 Å². The first-order valence-electron chi connectivity index (χ1n) is 10.1. The lowest BCUT2D eigenvalue weighted by Gasteiger charge is -2.14. The maximum Gasteiger partial charge on any atom is 0.333 e. The van der Waals surface area contributed by atoms with Gasteiger partial charge in [-0.15, -0.1) is 0 Å². The molecule has 11 heteroatoms. The second kappa shape index (κ2) is 10.0. The number of carbonyl (C=O) groups excluding carboxylic acids is 2. The summed E-state index contributed by atoms with van der Waals surface area (Å²) < 4.78 is 11.2. The fourth-order valence-corrected chi connectivity index (χ4v) is 3.76. The molecule has 0 saturated carbocycles. The van der Waals surface area contributed by atoms with Gasteiger partial charge in [0.05, 0.1) is 22.7 Å². The summed E-state index contributed by atoms with van der Waals surface area (Å²) in [6.07, 6.45) is 1.48. The Morgan fingerprint density at radius 2 is 1.74 bits per heavy atom. The summed E-state index contributed by atoms with van der Waals surface area (Å²) in [6.45, 7) is 0.0963. The average Bonchev–Trinajstić information content (AvgIpc) is 3.11.